The molecule has 0 fully saturated rings. The minimum Gasteiger partial charge on any atom is -0.347 e. The third-order valence-corrected chi connectivity index (χ3v) is 6.58. The van der Waals surface area contributed by atoms with Crippen molar-refractivity contribution in [3.8, 4) is 0 Å². The van der Waals surface area contributed by atoms with Gasteiger partial charge in [0.05, 0.1) is 23.2 Å². The monoisotopic (exact) mass is 392 g/mol. The number of aromatic amines is 1. The number of hydrogen-bond donors (Lipinski definition) is 2. The molecule has 136 valence electrons. The summed E-state index contributed by atoms with van der Waals surface area (Å²) in [7, 11) is -0.639. The summed E-state index contributed by atoms with van der Waals surface area (Å²) in [4.78, 5) is 32.0. The molecule has 0 bridgehead atoms. The fraction of sp³-hybridized carbons (Fsp3) is 0.188. The first-order valence-corrected chi connectivity index (χ1v) is 9.81. The highest BCUT2D eigenvalue weighted by molar-refractivity contribution is 7.89. The maximum atomic E-state index is 12.2. The van der Waals surface area contributed by atoms with E-state index in [0.29, 0.717) is 15.8 Å². The highest BCUT2D eigenvalue weighted by Crippen LogP contribution is 2.20. The normalized spacial score (nSPS) is 11.8. The molecule has 1 amide bonds. The molecule has 2 N–H and O–H groups in total. The lowest BCUT2D eigenvalue weighted by molar-refractivity contribution is 0.0951. The smallest absolute Gasteiger partial charge is 0.259 e. The molecule has 3 rings (SSSR count). The van der Waals surface area contributed by atoms with Crippen LogP contribution in [0, 0.1) is 0 Å². The zero-order valence-corrected chi connectivity index (χ0v) is 15.6. The van der Waals surface area contributed by atoms with Gasteiger partial charge in [-0.25, -0.2) is 17.7 Å². The van der Waals surface area contributed by atoms with Gasteiger partial charge in [0.15, 0.2) is 0 Å². The molecule has 2 heterocycles. The van der Waals surface area contributed by atoms with Crippen LogP contribution in [0.3, 0.4) is 0 Å². The third-order valence-electron chi connectivity index (χ3n) is 3.70. The zero-order valence-electron chi connectivity index (χ0n) is 14.0. The van der Waals surface area contributed by atoms with E-state index >= 15 is 0 Å². The number of fused-ring (bicyclic) bond motifs is 1. The van der Waals surface area contributed by atoms with Gasteiger partial charge in [0.1, 0.15) is 4.83 Å². The van der Waals surface area contributed by atoms with Crippen LogP contribution in [-0.2, 0) is 16.6 Å². The Morgan fingerprint density at radius 2 is 1.96 bits per heavy atom. The van der Waals surface area contributed by atoms with Gasteiger partial charge < -0.3 is 10.3 Å². The molecule has 1 aromatic carbocycles. The lowest BCUT2D eigenvalue weighted by Crippen LogP contribution is -2.24. The summed E-state index contributed by atoms with van der Waals surface area (Å²) in [6.45, 7) is 0.247. The molecular weight excluding hydrogens is 376 g/mol. The van der Waals surface area contributed by atoms with Crippen molar-refractivity contribution in [1.29, 1.82) is 0 Å². The molecule has 0 aliphatic carbocycles. The number of sulfonamides is 1. The zero-order chi connectivity index (χ0) is 18.9. The standard InChI is InChI=1S/C16H16N4O4S2/c1-20(2)26(23,24)12-5-3-10(4-6-12)14(21)17-8-11-7-13-15(22)18-9-19-16(13)25-11/h3-7,9H,8H2,1-2H3,(H,17,21)(H,18,19,22). The Balaban J connectivity index is 1.71. The quantitative estimate of drug-likeness (QED) is 0.677. The van der Waals surface area contributed by atoms with Gasteiger partial charge in [0.2, 0.25) is 10.0 Å². The number of rotatable bonds is 5. The second-order valence-electron chi connectivity index (χ2n) is 5.66. The van der Waals surface area contributed by atoms with Crippen LogP contribution in [0.1, 0.15) is 15.2 Å². The lowest BCUT2D eigenvalue weighted by Gasteiger charge is -2.11. The molecule has 0 saturated carbocycles. The fourth-order valence-electron chi connectivity index (χ4n) is 2.26. The second kappa shape index (κ2) is 6.98. The van der Waals surface area contributed by atoms with Gasteiger partial charge in [-0.15, -0.1) is 11.3 Å². The summed E-state index contributed by atoms with van der Waals surface area (Å²) in [5, 5.41) is 3.23. The molecule has 3 aromatic rings. The van der Waals surface area contributed by atoms with Crippen molar-refractivity contribution in [2.24, 2.45) is 0 Å². The van der Waals surface area contributed by atoms with E-state index in [4.69, 9.17) is 0 Å². The summed E-state index contributed by atoms with van der Waals surface area (Å²) in [5.41, 5.74) is 0.126. The number of thiophene rings is 1. The molecule has 0 radical (unpaired) electrons. The van der Waals surface area contributed by atoms with Crippen molar-refractivity contribution >= 4 is 37.5 Å². The Labute approximate surface area is 153 Å². The van der Waals surface area contributed by atoms with Crippen molar-refractivity contribution in [3.05, 3.63) is 57.5 Å². The number of benzene rings is 1. The maximum Gasteiger partial charge on any atom is 0.259 e. The lowest BCUT2D eigenvalue weighted by atomic mass is 10.2. The van der Waals surface area contributed by atoms with Gasteiger partial charge in [-0.1, -0.05) is 0 Å². The van der Waals surface area contributed by atoms with Crippen molar-refractivity contribution in [2.45, 2.75) is 11.4 Å². The van der Waals surface area contributed by atoms with Gasteiger partial charge in [-0.2, -0.15) is 0 Å². The SMILES string of the molecule is CN(C)S(=O)(=O)c1ccc(C(=O)NCc2cc3c(=O)[nH]cnc3s2)cc1. The number of carbonyl (C=O) groups excluding carboxylic acids is 1. The highest BCUT2D eigenvalue weighted by Gasteiger charge is 2.17. The number of hydrogen-bond acceptors (Lipinski definition) is 6. The van der Waals surface area contributed by atoms with Crippen LogP contribution in [-0.4, -0.2) is 42.7 Å². The topological polar surface area (TPSA) is 112 Å². The first-order chi connectivity index (χ1) is 12.3. The van der Waals surface area contributed by atoms with Crippen LogP contribution in [0.25, 0.3) is 10.2 Å². The van der Waals surface area contributed by atoms with E-state index in [-0.39, 0.29) is 22.9 Å². The van der Waals surface area contributed by atoms with Crippen LogP contribution in [0.2, 0.25) is 0 Å². The van der Waals surface area contributed by atoms with Gasteiger partial charge in [-0.05, 0) is 30.3 Å². The number of H-pyrrole nitrogens is 1. The Morgan fingerprint density at radius 1 is 1.27 bits per heavy atom. The summed E-state index contributed by atoms with van der Waals surface area (Å²) >= 11 is 1.33. The van der Waals surface area contributed by atoms with Gasteiger partial charge in [0.25, 0.3) is 11.5 Å². The third kappa shape index (κ3) is 3.52. The van der Waals surface area contributed by atoms with Crippen molar-refractivity contribution in [3.63, 3.8) is 0 Å². The van der Waals surface area contributed by atoms with E-state index in [1.165, 1.54) is 56.0 Å². The van der Waals surface area contributed by atoms with Crippen molar-refractivity contribution in [2.75, 3.05) is 14.1 Å². The average Bonchev–Trinajstić information content (AvgIpc) is 3.04. The molecule has 10 heteroatoms. The van der Waals surface area contributed by atoms with Gasteiger partial charge in [-0.3, -0.25) is 9.59 Å². The predicted molar refractivity (Wildman–Crippen MR) is 98.7 cm³/mol. The van der Waals surface area contributed by atoms with Crippen LogP contribution >= 0.6 is 11.3 Å². The Kier molecular flexibility index (Phi) is 4.90. The van der Waals surface area contributed by atoms with Crippen LogP contribution in [0.4, 0.5) is 0 Å². The van der Waals surface area contributed by atoms with Gasteiger partial charge >= 0.3 is 0 Å². The van der Waals surface area contributed by atoms with E-state index in [1.54, 1.807) is 6.07 Å². The number of nitrogens with zero attached hydrogens (tertiary/aromatic N) is 2. The summed E-state index contributed by atoms with van der Waals surface area (Å²) in [5.74, 6) is -0.335. The average molecular weight is 392 g/mol. The number of amides is 1. The fourth-order valence-corrected chi connectivity index (χ4v) is 4.10. The van der Waals surface area contributed by atoms with Crippen molar-refractivity contribution < 1.29 is 13.2 Å². The minimum atomic E-state index is -3.53. The second-order valence-corrected chi connectivity index (χ2v) is 8.92. The van der Waals surface area contributed by atoms with Gasteiger partial charge in [0, 0.05) is 24.5 Å². The molecule has 0 aliphatic rings. The Bertz CT molecular complexity index is 1120. The van der Waals surface area contributed by atoms with Crippen molar-refractivity contribution in [1.82, 2.24) is 19.6 Å². The molecule has 0 saturated heterocycles. The number of nitrogens with one attached hydrogen (secondary N) is 2. The summed E-state index contributed by atoms with van der Waals surface area (Å²) < 4.78 is 25.2. The molecule has 0 spiro atoms. The van der Waals surface area contributed by atoms with E-state index in [0.717, 1.165) is 9.18 Å². The molecule has 0 unspecified atom stereocenters. The van der Waals surface area contributed by atoms with E-state index < -0.39 is 10.0 Å². The maximum absolute atomic E-state index is 12.2. The van der Waals surface area contributed by atoms with E-state index in [2.05, 4.69) is 15.3 Å². The highest BCUT2D eigenvalue weighted by atomic mass is 32.2. The Hall–Kier alpha value is -2.56. The molecule has 0 aliphatic heterocycles. The van der Waals surface area contributed by atoms with Crippen LogP contribution in [0.5, 0.6) is 0 Å². The molecule has 26 heavy (non-hydrogen) atoms. The van der Waals surface area contributed by atoms with Crippen LogP contribution in [0.15, 0.2) is 46.3 Å². The summed E-state index contributed by atoms with van der Waals surface area (Å²) in [6.07, 6.45) is 1.34. The number of aromatic nitrogens is 2. The predicted octanol–water partition coefficient (Wildman–Crippen LogP) is 1.16. The number of carbonyl (C=O) groups is 1. The van der Waals surface area contributed by atoms with Crippen LogP contribution < -0.4 is 10.9 Å². The van der Waals surface area contributed by atoms with E-state index in [9.17, 15) is 18.0 Å². The molecule has 8 nitrogen and oxygen atoms in total. The van der Waals surface area contributed by atoms with E-state index in [1.807, 2.05) is 0 Å². The summed E-state index contributed by atoms with van der Waals surface area (Å²) in [6, 6.07) is 7.41. The minimum absolute atomic E-state index is 0.119. The first-order valence-electron chi connectivity index (χ1n) is 7.56. The molecule has 2 aromatic heterocycles. The molecule has 0 atom stereocenters. The largest absolute Gasteiger partial charge is 0.347 e. The Morgan fingerprint density at radius 3 is 2.58 bits per heavy atom. The first kappa shape index (κ1) is 18.2. The molecular formula is C16H16N4O4S2.